The van der Waals surface area contributed by atoms with Gasteiger partial charge in [-0.15, -0.1) is 11.8 Å². The molecule has 104 valence electrons. The molecule has 6 heteroatoms. The first-order valence-corrected chi connectivity index (χ1v) is 7.86. The number of benzene rings is 1. The van der Waals surface area contributed by atoms with Crippen LogP contribution in [0.15, 0.2) is 23.1 Å². The van der Waals surface area contributed by atoms with Crippen LogP contribution in [-0.4, -0.2) is 42.7 Å². The van der Waals surface area contributed by atoms with Crippen molar-refractivity contribution in [3.05, 3.63) is 28.2 Å². The molecule has 0 saturated carbocycles. The second kappa shape index (κ2) is 6.84. The van der Waals surface area contributed by atoms with E-state index in [1.807, 2.05) is 11.9 Å². The molecule has 0 spiro atoms. The van der Waals surface area contributed by atoms with Crippen molar-refractivity contribution in [2.24, 2.45) is 0 Å². The zero-order chi connectivity index (χ0) is 13.8. The van der Waals surface area contributed by atoms with Gasteiger partial charge in [0.1, 0.15) is 0 Å². The Morgan fingerprint density at radius 2 is 2.32 bits per heavy atom. The lowest BCUT2D eigenvalue weighted by atomic mass is 10.2. The minimum Gasteiger partial charge on any atom is -0.341 e. The van der Waals surface area contributed by atoms with E-state index in [0.29, 0.717) is 21.8 Å². The van der Waals surface area contributed by atoms with E-state index >= 15 is 0 Å². The molecule has 1 atom stereocenters. The number of rotatable bonds is 4. The van der Waals surface area contributed by atoms with Gasteiger partial charge in [-0.05, 0) is 31.2 Å². The van der Waals surface area contributed by atoms with Gasteiger partial charge in [0.2, 0.25) is 5.91 Å². The van der Waals surface area contributed by atoms with Crippen molar-refractivity contribution in [1.29, 1.82) is 0 Å². The number of halogens is 2. The lowest BCUT2D eigenvalue weighted by Crippen LogP contribution is -2.39. The summed E-state index contributed by atoms with van der Waals surface area (Å²) in [5.41, 5.74) is 0. The summed E-state index contributed by atoms with van der Waals surface area (Å²) >= 11 is 13.4. The van der Waals surface area contributed by atoms with Gasteiger partial charge in [0.05, 0.1) is 10.8 Å². The number of nitrogens with one attached hydrogen (secondary N) is 1. The molecule has 1 fully saturated rings. The number of amides is 1. The van der Waals surface area contributed by atoms with Crippen LogP contribution in [0, 0.1) is 0 Å². The van der Waals surface area contributed by atoms with Crippen LogP contribution < -0.4 is 5.32 Å². The smallest absolute Gasteiger partial charge is 0.232 e. The lowest BCUT2D eigenvalue weighted by molar-refractivity contribution is -0.128. The topological polar surface area (TPSA) is 32.3 Å². The van der Waals surface area contributed by atoms with E-state index in [1.54, 1.807) is 18.2 Å². The predicted molar refractivity (Wildman–Crippen MR) is 81.2 cm³/mol. The van der Waals surface area contributed by atoms with Crippen molar-refractivity contribution in [3.8, 4) is 0 Å². The van der Waals surface area contributed by atoms with Gasteiger partial charge in [-0.3, -0.25) is 4.79 Å². The Hall–Kier alpha value is -0.420. The summed E-state index contributed by atoms with van der Waals surface area (Å²) in [6.45, 7) is 1.86. The summed E-state index contributed by atoms with van der Waals surface area (Å²) in [5, 5.41) is 4.52. The highest BCUT2D eigenvalue weighted by Gasteiger charge is 2.23. The molecule has 0 radical (unpaired) electrons. The Bertz CT molecular complexity index is 464. The molecule has 1 aliphatic rings. The van der Waals surface area contributed by atoms with Gasteiger partial charge in [-0.2, -0.15) is 0 Å². The highest BCUT2D eigenvalue weighted by atomic mass is 35.5. The Morgan fingerprint density at radius 1 is 1.53 bits per heavy atom. The number of hydrogen-bond acceptors (Lipinski definition) is 3. The number of hydrogen-bond donors (Lipinski definition) is 1. The number of likely N-dealkylation sites (N-methyl/N-ethyl adjacent to an activating group) is 1. The predicted octanol–water partition coefficient (Wildman–Crippen LogP) is 2.91. The van der Waals surface area contributed by atoms with Gasteiger partial charge >= 0.3 is 0 Å². The van der Waals surface area contributed by atoms with Crippen LogP contribution in [0.25, 0.3) is 0 Å². The summed E-state index contributed by atoms with van der Waals surface area (Å²) in [4.78, 5) is 14.8. The normalized spacial score (nSPS) is 18.6. The number of nitrogens with zero attached hydrogens (tertiary/aromatic N) is 1. The van der Waals surface area contributed by atoms with E-state index < -0.39 is 0 Å². The third kappa shape index (κ3) is 4.02. The highest BCUT2D eigenvalue weighted by Crippen LogP contribution is 2.30. The fraction of sp³-hybridized carbons (Fsp3) is 0.462. The number of carbonyl (C=O) groups is 1. The quantitative estimate of drug-likeness (QED) is 0.866. The summed E-state index contributed by atoms with van der Waals surface area (Å²) in [6.07, 6.45) is 1.02. The molecule has 1 unspecified atom stereocenters. The monoisotopic (exact) mass is 318 g/mol. The minimum absolute atomic E-state index is 0.120. The molecule has 1 saturated heterocycles. The third-order valence-electron chi connectivity index (χ3n) is 3.22. The third-order valence-corrected chi connectivity index (χ3v) is 4.94. The molecular formula is C13H16Cl2N2OS. The van der Waals surface area contributed by atoms with Gasteiger partial charge in [0.15, 0.2) is 0 Å². The van der Waals surface area contributed by atoms with Crippen molar-refractivity contribution in [2.45, 2.75) is 17.4 Å². The molecular weight excluding hydrogens is 303 g/mol. The highest BCUT2D eigenvalue weighted by molar-refractivity contribution is 8.00. The van der Waals surface area contributed by atoms with Crippen LogP contribution in [0.4, 0.5) is 0 Å². The van der Waals surface area contributed by atoms with Crippen molar-refractivity contribution in [2.75, 3.05) is 25.9 Å². The van der Waals surface area contributed by atoms with E-state index in [2.05, 4.69) is 5.32 Å². The summed E-state index contributed by atoms with van der Waals surface area (Å²) in [7, 11) is 1.86. The zero-order valence-electron chi connectivity index (χ0n) is 10.7. The van der Waals surface area contributed by atoms with E-state index in [-0.39, 0.29) is 5.91 Å². The first-order chi connectivity index (χ1) is 9.08. The van der Waals surface area contributed by atoms with E-state index in [1.165, 1.54) is 11.8 Å². The summed E-state index contributed by atoms with van der Waals surface area (Å²) in [5.74, 6) is 0.502. The van der Waals surface area contributed by atoms with E-state index in [0.717, 1.165) is 24.4 Å². The van der Waals surface area contributed by atoms with Gasteiger partial charge in [-0.25, -0.2) is 0 Å². The van der Waals surface area contributed by atoms with Crippen LogP contribution in [0.2, 0.25) is 10.0 Å². The average molecular weight is 319 g/mol. The van der Waals surface area contributed by atoms with Crippen molar-refractivity contribution in [3.63, 3.8) is 0 Å². The largest absolute Gasteiger partial charge is 0.341 e. The minimum atomic E-state index is 0.120. The zero-order valence-corrected chi connectivity index (χ0v) is 13.0. The van der Waals surface area contributed by atoms with Crippen molar-refractivity contribution < 1.29 is 4.79 Å². The molecule has 0 aromatic heterocycles. The molecule has 1 N–H and O–H groups in total. The fourth-order valence-corrected chi connectivity index (χ4v) is 3.42. The molecule has 1 aromatic rings. The Morgan fingerprint density at radius 3 is 3.00 bits per heavy atom. The number of carbonyl (C=O) groups excluding carboxylic acids is 1. The van der Waals surface area contributed by atoms with Crippen LogP contribution in [-0.2, 0) is 4.79 Å². The summed E-state index contributed by atoms with van der Waals surface area (Å²) in [6, 6.07) is 5.59. The van der Waals surface area contributed by atoms with Gasteiger partial charge in [0, 0.05) is 29.6 Å². The van der Waals surface area contributed by atoms with Crippen LogP contribution >= 0.6 is 35.0 Å². The second-order valence-corrected chi connectivity index (χ2v) is 6.38. The number of thioether (sulfide) groups is 1. The Balaban J connectivity index is 1.90. The van der Waals surface area contributed by atoms with E-state index in [9.17, 15) is 4.79 Å². The van der Waals surface area contributed by atoms with Crippen LogP contribution in [0.3, 0.4) is 0 Å². The second-order valence-electron chi connectivity index (χ2n) is 4.51. The molecule has 1 amide bonds. The Kier molecular flexibility index (Phi) is 5.39. The Labute approximate surface area is 127 Å². The SMILES string of the molecule is CN(C(=O)CSc1cc(Cl)ccc1Cl)C1CCNC1. The maximum atomic E-state index is 12.1. The maximum Gasteiger partial charge on any atom is 0.232 e. The lowest BCUT2D eigenvalue weighted by Gasteiger charge is -2.23. The fourth-order valence-electron chi connectivity index (χ4n) is 2.00. The van der Waals surface area contributed by atoms with Crippen molar-refractivity contribution >= 4 is 40.9 Å². The van der Waals surface area contributed by atoms with E-state index in [4.69, 9.17) is 23.2 Å². The molecule has 3 nitrogen and oxygen atoms in total. The van der Waals surface area contributed by atoms with Gasteiger partial charge in [-0.1, -0.05) is 23.2 Å². The molecule has 1 aromatic carbocycles. The molecule has 0 bridgehead atoms. The van der Waals surface area contributed by atoms with Crippen molar-refractivity contribution in [1.82, 2.24) is 10.2 Å². The molecule has 1 aliphatic heterocycles. The maximum absolute atomic E-state index is 12.1. The molecule has 1 heterocycles. The van der Waals surface area contributed by atoms with Gasteiger partial charge < -0.3 is 10.2 Å². The van der Waals surface area contributed by atoms with Gasteiger partial charge in [0.25, 0.3) is 0 Å². The van der Waals surface area contributed by atoms with Crippen LogP contribution in [0.5, 0.6) is 0 Å². The molecule has 2 rings (SSSR count). The first-order valence-electron chi connectivity index (χ1n) is 6.12. The molecule has 19 heavy (non-hydrogen) atoms. The summed E-state index contributed by atoms with van der Waals surface area (Å²) < 4.78 is 0. The first kappa shape index (κ1) is 15.0. The van der Waals surface area contributed by atoms with Crippen LogP contribution in [0.1, 0.15) is 6.42 Å². The molecule has 0 aliphatic carbocycles. The standard InChI is InChI=1S/C13H16Cl2N2OS/c1-17(10-4-5-16-7-10)13(18)8-19-12-6-9(14)2-3-11(12)15/h2-3,6,10,16H,4-5,7-8H2,1H3. The average Bonchev–Trinajstić information content (AvgIpc) is 2.92.